The topological polar surface area (TPSA) is 52.0 Å². The van der Waals surface area contributed by atoms with Crippen LogP contribution in [0, 0.1) is 12.7 Å². The molecule has 0 atom stereocenters. The lowest BCUT2D eigenvalue weighted by Crippen LogP contribution is -2.50. The number of carbonyl (C=O) groups excluding carboxylic acids is 1. The fourth-order valence-electron chi connectivity index (χ4n) is 6.26. The van der Waals surface area contributed by atoms with Crippen LogP contribution in [0.25, 0.3) is 0 Å². The van der Waals surface area contributed by atoms with E-state index in [1.165, 1.54) is 17.2 Å². The number of alkyl halides is 3. The summed E-state index contributed by atoms with van der Waals surface area (Å²) in [4.78, 5) is 28.6. The van der Waals surface area contributed by atoms with Crippen molar-refractivity contribution in [3.63, 3.8) is 0 Å². The molecular weight excluding hydrogens is 558 g/mol. The van der Waals surface area contributed by atoms with Gasteiger partial charge in [0.05, 0.1) is 11.3 Å². The Morgan fingerprint density at radius 1 is 0.907 bits per heavy atom. The molecule has 0 spiro atoms. The highest BCUT2D eigenvalue weighted by atomic mass is 19.4. The van der Waals surface area contributed by atoms with Crippen LogP contribution >= 0.6 is 0 Å². The summed E-state index contributed by atoms with van der Waals surface area (Å²) in [5.74, 6) is -0.465. The van der Waals surface area contributed by atoms with Crippen LogP contribution in [0.1, 0.15) is 52.3 Å². The van der Waals surface area contributed by atoms with E-state index in [0.29, 0.717) is 50.3 Å². The fourth-order valence-corrected chi connectivity index (χ4v) is 6.26. The van der Waals surface area contributed by atoms with Crippen molar-refractivity contribution < 1.29 is 22.4 Å². The molecular formula is C33H35F4N5O. The number of nitrogens with zero attached hydrogens (tertiary/aromatic N) is 5. The normalized spacial score (nSPS) is 18.5. The van der Waals surface area contributed by atoms with Gasteiger partial charge in [-0.2, -0.15) is 13.2 Å². The number of aliphatic imine (C=N–C) groups is 1. The lowest BCUT2D eigenvalue weighted by Gasteiger charge is -2.34. The number of benzene rings is 2. The van der Waals surface area contributed by atoms with Gasteiger partial charge in [-0.1, -0.05) is 24.3 Å². The van der Waals surface area contributed by atoms with Gasteiger partial charge in [-0.15, -0.1) is 0 Å². The molecule has 2 aromatic carbocycles. The molecule has 3 aromatic rings. The first kappa shape index (κ1) is 29.4. The minimum atomic E-state index is -4.58. The Morgan fingerprint density at radius 2 is 1.65 bits per heavy atom. The summed E-state index contributed by atoms with van der Waals surface area (Å²) >= 11 is 0. The number of carbonyl (C=O) groups is 1. The van der Waals surface area contributed by atoms with Gasteiger partial charge in [0.15, 0.2) is 0 Å². The predicted octanol–water partition coefficient (Wildman–Crippen LogP) is 5.90. The first-order chi connectivity index (χ1) is 20.6. The van der Waals surface area contributed by atoms with Crippen LogP contribution in [0.3, 0.4) is 0 Å². The number of hydrogen-bond donors (Lipinski definition) is 0. The average molecular weight is 594 g/mol. The van der Waals surface area contributed by atoms with Crippen LogP contribution < -0.4 is 0 Å². The van der Waals surface area contributed by atoms with E-state index >= 15 is 0 Å². The number of amides is 1. The molecule has 4 heterocycles. The number of halogens is 4. The average Bonchev–Trinajstić information content (AvgIpc) is 3.43. The number of rotatable bonds is 6. The van der Waals surface area contributed by atoms with E-state index in [4.69, 9.17) is 0 Å². The molecule has 6 nitrogen and oxygen atoms in total. The SMILES string of the molecule is Cc1ccc(CN2CCC(c3ccc4c(c3)CC(C(=O)N3CCN(Cc5ccc(C(F)(F)F)cc5F)CC3)=N4)CC2)cn1. The molecule has 6 rings (SSSR count). The maximum absolute atomic E-state index is 14.3. The molecule has 1 amide bonds. The Bertz CT molecular complexity index is 1500. The molecule has 0 N–H and O–H groups in total. The minimum Gasteiger partial charge on any atom is -0.335 e. The summed E-state index contributed by atoms with van der Waals surface area (Å²) in [6.07, 6.45) is 0.0773. The Hall–Kier alpha value is -3.63. The number of piperidine rings is 1. The van der Waals surface area contributed by atoms with Crippen molar-refractivity contribution >= 4 is 17.3 Å². The second-order valence-corrected chi connectivity index (χ2v) is 11.9. The summed E-state index contributed by atoms with van der Waals surface area (Å²) in [5.41, 5.74) is 5.28. The summed E-state index contributed by atoms with van der Waals surface area (Å²) in [6, 6.07) is 13.3. The molecule has 2 saturated heterocycles. The van der Waals surface area contributed by atoms with Gasteiger partial charge in [0.25, 0.3) is 5.91 Å². The highest BCUT2D eigenvalue weighted by Gasteiger charge is 2.32. The van der Waals surface area contributed by atoms with Crippen molar-refractivity contribution in [1.82, 2.24) is 19.7 Å². The molecule has 10 heteroatoms. The number of aromatic nitrogens is 1. The third kappa shape index (κ3) is 6.80. The largest absolute Gasteiger partial charge is 0.416 e. The van der Waals surface area contributed by atoms with Gasteiger partial charge >= 0.3 is 6.18 Å². The van der Waals surface area contributed by atoms with Crippen LogP contribution in [0.5, 0.6) is 0 Å². The molecule has 3 aliphatic rings. The molecule has 0 unspecified atom stereocenters. The van der Waals surface area contributed by atoms with Crippen molar-refractivity contribution in [2.24, 2.45) is 4.99 Å². The van der Waals surface area contributed by atoms with E-state index in [2.05, 4.69) is 39.1 Å². The van der Waals surface area contributed by atoms with Crippen molar-refractivity contribution in [2.45, 2.75) is 51.4 Å². The number of piperazine rings is 1. The van der Waals surface area contributed by atoms with Gasteiger partial charge in [-0.05, 0) is 79.7 Å². The molecule has 2 fully saturated rings. The monoisotopic (exact) mass is 593 g/mol. The van der Waals surface area contributed by atoms with Crippen LogP contribution in [0.15, 0.2) is 59.7 Å². The van der Waals surface area contributed by atoms with E-state index in [-0.39, 0.29) is 18.0 Å². The zero-order valence-electron chi connectivity index (χ0n) is 24.2. The highest BCUT2D eigenvalue weighted by molar-refractivity contribution is 6.40. The van der Waals surface area contributed by atoms with Gasteiger partial charge in [0.1, 0.15) is 11.5 Å². The van der Waals surface area contributed by atoms with Gasteiger partial charge in [-0.25, -0.2) is 9.38 Å². The molecule has 43 heavy (non-hydrogen) atoms. The molecule has 1 aromatic heterocycles. The zero-order chi connectivity index (χ0) is 30.1. The van der Waals surface area contributed by atoms with Gasteiger partial charge in [-0.3, -0.25) is 19.6 Å². The molecule has 0 radical (unpaired) electrons. The summed E-state index contributed by atoms with van der Waals surface area (Å²) in [5, 5.41) is 0. The van der Waals surface area contributed by atoms with E-state index in [9.17, 15) is 22.4 Å². The third-order valence-corrected chi connectivity index (χ3v) is 8.84. The molecule has 0 aliphatic carbocycles. The quantitative estimate of drug-likeness (QED) is 0.334. The second kappa shape index (κ2) is 12.2. The predicted molar refractivity (Wildman–Crippen MR) is 157 cm³/mol. The number of aryl methyl sites for hydroxylation is 1. The van der Waals surface area contributed by atoms with Crippen molar-refractivity contribution in [3.05, 3.63) is 94.1 Å². The van der Waals surface area contributed by atoms with Crippen LogP contribution in [0.2, 0.25) is 0 Å². The molecule has 3 aliphatic heterocycles. The maximum atomic E-state index is 14.3. The molecule has 226 valence electrons. The summed E-state index contributed by atoms with van der Waals surface area (Å²) in [6.45, 7) is 7.12. The number of hydrogen-bond acceptors (Lipinski definition) is 5. The third-order valence-electron chi connectivity index (χ3n) is 8.84. The Labute approximate surface area is 249 Å². The van der Waals surface area contributed by atoms with E-state index < -0.39 is 17.6 Å². The van der Waals surface area contributed by atoms with E-state index in [0.717, 1.165) is 55.5 Å². The fraction of sp³-hybridized carbons (Fsp3) is 0.424. The molecule has 0 bridgehead atoms. The number of likely N-dealkylation sites (tertiary alicyclic amines) is 1. The Morgan fingerprint density at radius 3 is 2.33 bits per heavy atom. The van der Waals surface area contributed by atoms with Crippen molar-refractivity contribution in [2.75, 3.05) is 39.3 Å². The van der Waals surface area contributed by atoms with Crippen LogP contribution in [0.4, 0.5) is 23.2 Å². The van der Waals surface area contributed by atoms with Gasteiger partial charge in [0, 0.05) is 63.1 Å². The minimum absolute atomic E-state index is 0.0861. The maximum Gasteiger partial charge on any atom is 0.416 e. The Balaban J connectivity index is 0.988. The molecule has 0 saturated carbocycles. The summed E-state index contributed by atoms with van der Waals surface area (Å²) in [7, 11) is 0. The standard InChI is InChI=1S/C33H35F4N5O/c1-22-2-3-23(19-38-22)20-40-10-8-24(9-11-40)25-5-7-30-27(16-25)17-31(39-30)32(43)42-14-12-41(13-15-42)21-26-4-6-28(18-29(26)34)33(35,36)37/h2-7,16,18-19,24H,8-15,17,20-21H2,1H3. The van der Waals surface area contributed by atoms with E-state index in [1.54, 1.807) is 4.90 Å². The number of fused-ring (bicyclic) bond motifs is 1. The highest BCUT2D eigenvalue weighted by Crippen LogP contribution is 2.35. The van der Waals surface area contributed by atoms with Crippen molar-refractivity contribution in [1.29, 1.82) is 0 Å². The summed E-state index contributed by atoms with van der Waals surface area (Å²) < 4.78 is 52.9. The first-order valence-electron chi connectivity index (χ1n) is 14.8. The van der Waals surface area contributed by atoms with Crippen LogP contribution in [-0.4, -0.2) is 70.6 Å². The van der Waals surface area contributed by atoms with E-state index in [1.807, 2.05) is 24.1 Å². The van der Waals surface area contributed by atoms with Crippen molar-refractivity contribution in [3.8, 4) is 0 Å². The van der Waals surface area contributed by atoms with Gasteiger partial charge < -0.3 is 4.90 Å². The second-order valence-electron chi connectivity index (χ2n) is 11.9. The lowest BCUT2D eigenvalue weighted by atomic mass is 9.88. The smallest absolute Gasteiger partial charge is 0.335 e. The zero-order valence-corrected chi connectivity index (χ0v) is 24.2. The van der Waals surface area contributed by atoms with Crippen LogP contribution in [-0.2, 0) is 30.5 Å². The first-order valence-corrected chi connectivity index (χ1v) is 14.8. The van der Waals surface area contributed by atoms with Gasteiger partial charge in [0.2, 0.25) is 0 Å². The number of pyridine rings is 1. The lowest BCUT2D eigenvalue weighted by molar-refractivity contribution is -0.137. The Kier molecular flexibility index (Phi) is 8.33.